The molecule has 0 N–H and O–H groups in total. The van der Waals surface area contributed by atoms with Gasteiger partial charge in [-0.2, -0.15) is 5.10 Å². The quantitative estimate of drug-likeness (QED) is 0.433. The summed E-state index contributed by atoms with van der Waals surface area (Å²) in [5, 5.41) is 5.42. The van der Waals surface area contributed by atoms with Gasteiger partial charge in [-0.3, -0.25) is 9.48 Å². The third-order valence-electron chi connectivity index (χ3n) is 3.86. The Morgan fingerprint density at radius 3 is 2.19 bits per heavy atom. The van der Waals surface area contributed by atoms with Crippen LogP contribution >= 0.6 is 23.2 Å². The van der Waals surface area contributed by atoms with Crippen LogP contribution in [0.5, 0.6) is 0 Å². The Labute approximate surface area is 166 Å². The van der Waals surface area contributed by atoms with Gasteiger partial charge in [0.05, 0.1) is 12.3 Å². The van der Waals surface area contributed by atoms with E-state index < -0.39 is 5.97 Å². The van der Waals surface area contributed by atoms with Gasteiger partial charge in [0.15, 0.2) is 11.5 Å². The Kier molecular flexibility index (Phi) is 5.94. The van der Waals surface area contributed by atoms with E-state index in [-0.39, 0.29) is 24.6 Å². The van der Waals surface area contributed by atoms with Crippen LogP contribution in [0.3, 0.4) is 0 Å². The van der Waals surface area contributed by atoms with Crippen molar-refractivity contribution in [2.75, 3.05) is 6.61 Å². The minimum Gasteiger partial charge on any atom is -0.461 e. The monoisotopic (exact) mass is 402 g/mol. The summed E-state index contributed by atoms with van der Waals surface area (Å²) in [6, 6.07) is 15.3. The van der Waals surface area contributed by atoms with E-state index >= 15 is 0 Å². The molecule has 27 heavy (non-hydrogen) atoms. The molecule has 0 atom stereocenters. The second kappa shape index (κ2) is 8.37. The van der Waals surface area contributed by atoms with Crippen molar-refractivity contribution in [2.24, 2.45) is 0 Å². The summed E-state index contributed by atoms with van der Waals surface area (Å²) in [5.74, 6) is -0.689. The normalized spacial score (nSPS) is 10.6. The van der Waals surface area contributed by atoms with Crippen LogP contribution in [-0.2, 0) is 11.3 Å². The Bertz CT molecular complexity index is 964. The molecule has 1 heterocycles. The molecule has 0 amide bonds. The molecule has 0 aliphatic heterocycles. The lowest BCUT2D eigenvalue weighted by Crippen LogP contribution is -2.14. The highest BCUT2D eigenvalue weighted by atomic mass is 35.5. The van der Waals surface area contributed by atoms with Gasteiger partial charge in [0.25, 0.3) is 0 Å². The van der Waals surface area contributed by atoms with Gasteiger partial charge in [-0.1, -0.05) is 35.3 Å². The molecule has 0 spiro atoms. The first-order valence-electron chi connectivity index (χ1n) is 8.27. The van der Waals surface area contributed by atoms with Crippen molar-refractivity contribution in [3.8, 4) is 11.3 Å². The maximum absolute atomic E-state index is 12.6. The van der Waals surface area contributed by atoms with Crippen molar-refractivity contribution in [3.63, 3.8) is 0 Å². The number of ketones is 1. The van der Waals surface area contributed by atoms with Crippen molar-refractivity contribution in [1.29, 1.82) is 0 Å². The molecule has 5 nitrogen and oxygen atoms in total. The number of carbonyl (C=O) groups is 2. The predicted molar refractivity (Wildman–Crippen MR) is 104 cm³/mol. The summed E-state index contributed by atoms with van der Waals surface area (Å²) >= 11 is 11.8. The lowest BCUT2D eigenvalue weighted by Gasteiger charge is -2.07. The topological polar surface area (TPSA) is 61.2 Å². The minimum absolute atomic E-state index is 0.0288. The average molecular weight is 403 g/mol. The first kappa shape index (κ1) is 19.1. The molecule has 0 fully saturated rings. The van der Waals surface area contributed by atoms with Crippen LogP contribution in [0.25, 0.3) is 11.3 Å². The zero-order valence-electron chi connectivity index (χ0n) is 14.5. The molecule has 0 unspecified atom stereocenters. The average Bonchev–Trinajstić information content (AvgIpc) is 3.07. The van der Waals surface area contributed by atoms with Crippen molar-refractivity contribution in [2.45, 2.75) is 13.5 Å². The van der Waals surface area contributed by atoms with Crippen molar-refractivity contribution in [1.82, 2.24) is 9.78 Å². The number of benzene rings is 2. The fraction of sp³-hybridized carbons (Fsp3) is 0.150. The molecule has 7 heteroatoms. The van der Waals surface area contributed by atoms with E-state index in [1.165, 1.54) is 4.68 Å². The van der Waals surface area contributed by atoms with Crippen LogP contribution in [0.15, 0.2) is 54.6 Å². The van der Waals surface area contributed by atoms with Gasteiger partial charge < -0.3 is 4.74 Å². The highest BCUT2D eigenvalue weighted by molar-refractivity contribution is 6.31. The van der Waals surface area contributed by atoms with E-state index in [4.69, 9.17) is 27.9 Å². The summed E-state index contributed by atoms with van der Waals surface area (Å²) < 4.78 is 6.51. The van der Waals surface area contributed by atoms with Gasteiger partial charge in [0, 0.05) is 15.6 Å². The van der Waals surface area contributed by atoms with Crippen LogP contribution in [0.4, 0.5) is 0 Å². The van der Waals surface area contributed by atoms with Gasteiger partial charge in [-0.05, 0) is 55.0 Å². The summed E-state index contributed by atoms with van der Waals surface area (Å²) in [6.07, 6.45) is 0. The number of rotatable bonds is 6. The molecule has 2 aromatic carbocycles. The number of aromatic nitrogens is 2. The van der Waals surface area contributed by atoms with E-state index in [0.717, 1.165) is 5.56 Å². The molecule has 3 rings (SSSR count). The SMILES string of the molecule is CCOC(=O)c1cc(-c2ccc(Cl)cc2)n(CC(=O)c2ccc(Cl)cc2)n1. The molecule has 0 aliphatic rings. The van der Waals surface area contributed by atoms with Gasteiger partial charge in [-0.15, -0.1) is 0 Å². The van der Waals surface area contributed by atoms with E-state index in [1.807, 2.05) is 0 Å². The molecule has 3 aromatic rings. The van der Waals surface area contributed by atoms with Gasteiger partial charge in [0.2, 0.25) is 0 Å². The number of halogens is 2. The Morgan fingerprint density at radius 2 is 1.59 bits per heavy atom. The Balaban J connectivity index is 1.96. The number of nitrogens with zero attached hydrogens (tertiary/aromatic N) is 2. The zero-order chi connectivity index (χ0) is 19.4. The number of hydrogen-bond acceptors (Lipinski definition) is 4. The zero-order valence-corrected chi connectivity index (χ0v) is 16.0. The Hall–Kier alpha value is -2.63. The molecule has 1 aromatic heterocycles. The van der Waals surface area contributed by atoms with Crippen molar-refractivity contribution in [3.05, 3.63) is 75.9 Å². The third kappa shape index (κ3) is 4.56. The maximum Gasteiger partial charge on any atom is 0.358 e. The summed E-state index contributed by atoms with van der Waals surface area (Å²) in [5.41, 5.74) is 2.06. The molecule has 0 saturated heterocycles. The number of esters is 1. The van der Waals surface area contributed by atoms with Crippen LogP contribution in [0.2, 0.25) is 10.0 Å². The number of hydrogen-bond donors (Lipinski definition) is 0. The third-order valence-corrected chi connectivity index (χ3v) is 4.37. The first-order valence-corrected chi connectivity index (χ1v) is 9.03. The molecule has 138 valence electrons. The number of Topliss-reactive ketones (excluding diaryl/α,β-unsaturated/α-hetero) is 1. The minimum atomic E-state index is -0.537. The van der Waals surface area contributed by atoms with E-state index in [0.29, 0.717) is 21.3 Å². The lowest BCUT2D eigenvalue weighted by atomic mass is 10.1. The van der Waals surface area contributed by atoms with Gasteiger partial charge in [0.1, 0.15) is 6.54 Å². The summed E-state index contributed by atoms with van der Waals surface area (Å²) in [4.78, 5) is 24.7. The lowest BCUT2D eigenvalue weighted by molar-refractivity contribution is 0.0517. The van der Waals surface area contributed by atoms with Gasteiger partial charge >= 0.3 is 5.97 Å². The van der Waals surface area contributed by atoms with E-state index in [2.05, 4.69) is 5.10 Å². The van der Waals surface area contributed by atoms with Crippen LogP contribution < -0.4 is 0 Å². The van der Waals surface area contributed by atoms with E-state index in [9.17, 15) is 9.59 Å². The van der Waals surface area contributed by atoms with E-state index in [1.54, 1.807) is 61.5 Å². The molecule has 0 aliphatic carbocycles. The second-order valence-corrected chi connectivity index (χ2v) is 6.60. The molecule has 0 bridgehead atoms. The first-order chi connectivity index (χ1) is 13.0. The fourth-order valence-electron chi connectivity index (χ4n) is 2.56. The van der Waals surface area contributed by atoms with Gasteiger partial charge in [-0.25, -0.2) is 4.79 Å². The summed E-state index contributed by atoms with van der Waals surface area (Å²) in [7, 11) is 0. The van der Waals surface area contributed by atoms with Crippen LogP contribution in [-0.4, -0.2) is 28.1 Å². The molecule has 0 radical (unpaired) electrons. The highest BCUT2D eigenvalue weighted by Gasteiger charge is 2.19. The smallest absolute Gasteiger partial charge is 0.358 e. The van der Waals surface area contributed by atoms with Crippen molar-refractivity contribution < 1.29 is 14.3 Å². The molecule has 0 saturated carbocycles. The summed E-state index contributed by atoms with van der Waals surface area (Å²) in [6.45, 7) is 1.93. The predicted octanol–water partition coefficient (Wildman–Crippen LogP) is 4.92. The maximum atomic E-state index is 12.6. The number of carbonyl (C=O) groups excluding carboxylic acids is 2. The number of ether oxygens (including phenoxy) is 1. The highest BCUT2D eigenvalue weighted by Crippen LogP contribution is 2.24. The fourth-order valence-corrected chi connectivity index (χ4v) is 2.81. The van der Waals surface area contributed by atoms with Crippen molar-refractivity contribution >= 4 is 35.0 Å². The second-order valence-electron chi connectivity index (χ2n) is 5.73. The van der Waals surface area contributed by atoms with Crippen LogP contribution in [0, 0.1) is 0 Å². The standard InChI is InChI=1S/C20H16Cl2N2O3/c1-2-27-20(26)17-11-18(13-3-7-15(21)8-4-13)24(23-17)12-19(25)14-5-9-16(22)10-6-14/h3-11H,2,12H2,1H3. The largest absolute Gasteiger partial charge is 0.461 e. The van der Waals surface area contributed by atoms with Crippen LogP contribution in [0.1, 0.15) is 27.8 Å². The molecular formula is C20H16Cl2N2O3. The molecular weight excluding hydrogens is 387 g/mol. The Morgan fingerprint density at radius 1 is 1.00 bits per heavy atom.